The van der Waals surface area contributed by atoms with E-state index >= 15 is 4.39 Å². The predicted molar refractivity (Wildman–Crippen MR) is 135 cm³/mol. The number of rotatable bonds is 6. The lowest BCUT2D eigenvalue weighted by atomic mass is 9.76. The molecule has 0 radical (unpaired) electrons. The van der Waals surface area contributed by atoms with Crippen LogP contribution in [-0.2, 0) is 6.42 Å². The first kappa shape index (κ1) is 22.6. The molecule has 0 bridgehead atoms. The van der Waals surface area contributed by atoms with Crippen molar-refractivity contribution in [1.82, 2.24) is 0 Å². The van der Waals surface area contributed by atoms with E-state index in [0.717, 1.165) is 59.1 Å². The topological polar surface area (TPSA) is 0 Å². The maximum absolute atomic E-state index is 15.4. The Bertz CT molecular complexity index is 1090. The third-order valence-corrected chi connectivity index (χ3v) is 7.08. The first-order valence-electron chi connectivity index (χ1n) is 12.5. The zero-order valence-corrected chi connectivity index (χ0v) is 19.6. The van der Waals surface area contributed by atoms with Gasteiger partial charge in [-0.1, -0.05) is 81.7 Å². The number of fused-ring (bicyclic) bond motifs is 1. The molecule has 0 N–H and O–H groups in total. The molecule has 1 aliphatic carbocycles. The van der Waals surface area contributed by atoms with E-state index in [4.69, 9.17) is 0 Å². The van der Waals surface area contributed by atoms with Gasteiger partial charge in [0.2, 0.25) is 0 Å². The minimum atomic E-state index is -0.0227. The van der Waals surface area contributed by atoms with Crippen LogP contribution in [0.1, 0.15) is 93.4 Å². The van der Waals surface area contributed by atoms with E-state index in [0.29, 0.717) is 5.92 Å². The average molecular weight is 427 g/mol. The highest BCUT2D eigenvalue weighted by atomic mass is 19.1. The summed E-state index contributed by atoms with van der Waals surface area (Å²) in [7, 11) is 0. The van der Waals surface area contributed by atoms with Crippen LogP contribution in [0, 0.1) is 23.6 Å². The fourth-order valence-corrected chi connectivity index (χ4v) is 5.14. The highest BCUT2D eigenvalue weighted by molar-refractivity contribution is 5.85. The molecule has 166 valence electrons. The van der Waals surface area contributed by atoms with E-state index in [-0.39, 0.29) is 5.82 Å². The fourth-order valence-electron chi connectivity index (χ4n) is 5.14. The molecule has 0 atom stereocenters. The maximum atomic E-state index is 15.4. The molecule has 0 nitrogen and oxygen atoms in total. The van der Waals surface area contributed by atoms with Crippen LogP contribution < -0.4 is 0 Å². The van der Waals surface area contributed by atoms with Gasteiger partial charge in [0.05, 0.1) is 0 Å². The van der Waals surface area contributed by atoms with Gasteiger partial charge in [0, 0.05) is 16.5 Å². The number of hydrogen-bond donors (Lipinski definition) is 0. The van der Waals surface area contributed by atoms with Gasteiger partial charge in [-0.05, 0) is 84.7 Å². The van der Waals surface area contributed by atoms with Crippen LogP contribution in [0.3, 0.4) is 0 Å². The number of halogens is 1. The molecule has 4 rings (SSSR count). The molecule has 32 heavy (non-hydrogen) atoms. The van der Waals surface area contributed by atoms with Crippen molar-refractivity contribution >= 4 is 10.8 Å². The zero-order valence-electron chi connectivity index (χ0n) is 19.6. The van der Waals surface area contributed by atoms with Crippen molar-refractivity contribution in [2.24, 2.45) is 5.92 Å². The largest absolute Gasteiger partial charge is 0.206 e. The SMILES string of the molecule is CCCCC1CCC(c2ccc3cc(C#Cc4ccc(CCC)cc4)ccc3c2F)CC1. The summed E-state index contributed by atoms with van der Waals surface area (Å²) in [6.45, 7) is 4.45. The molecule has 3 aromatic rings. The first-order valence-corrected chi connectivity index (χ1v) is 12.5. The molecule has 0 heterocycles. The van der Waals surface area contributed by atoms with Crippen molar-refractivity contribution in [2.45, 2.75) is 77.6 Å². The second-order valence-corrected chi connectivity index (χ2v) is 9.46. The Hall–Kier alpha value is -2.59. The molecule has 0 unspecified atom stereocenters. The monoisotopic (exact) mass is 426 g/mol. The average Bonchev–Trinajstić information content (AvgIpc) is 2.83. The molecule has 0 aromatic heterocycles. The highest BCUT2D eigenvalue weighted by Crippen LogP contribution is 2.39. The Morgan fingerprint density at radius 3 is 2.25 bits per heavy atom. The number of unbranched alkanes of at least 4 members (excludes halogenated alkanes) is 1. The van der Waals surface area contributed by atoms with Crippen molar-refractivity contribution in [3.8, 4) is 11.8 Å². The third-order valence-electron chi connectivity index (χ3n) is 7.08. The van der Waals surface area contributed by atoms with E-state index in [1.807, 2.05) is 24.3 Å². The standard InChI is InChI=1S/C31H35F/c1-3-5-7-24-14-17-27(18-15-24)29-21-19-28-22-26(16-20-30(28)31(29)32)13-12-25-10-8-23(6-4-2)9-11-25/h8-11,16,19-22,24,27H,3-7,14-15,17-18H2,1-2H3. The molecule has 0 amide bonds. The molecular formula is C31H35F. The van der Waals surface area contributed by atoms with E-state index in [9.17, 15) is 0 Å². The molecule has 1 aliphatic rings. The van der Waals surface area contributed by atoms with Gasteiger partial charge in [-0.25, -0.2) is 4.39 Å². The van der Waals surface area contributed by atoms with Crippen molar-refractivity contribution in [3.05, 3.63) is 82.7 Å². The van der Waals surface area contributed by atoms with Gasteiger partial charge < -0.3 is 0 Å². The summed E-state index contributed by atoms with van der Waals surface area (Å²) in [4.78, 5) is 0. The minimum Gasteiger partial charge on any atom is -0.206 e. The van der Waals surface area contributed by atoms with Crippen molar-refractivity contribution < 1.29 is 4.39 Å². The van der Waals surface area contributed by atoms with Gasteiger partial charge in [-0.2, -0.15) is 0 Å². The van der Waals surface area contributed by atoms with Gasteiger partial charge in [0.15, 0.2) is 0 Å². The Morgan fingerprint density at radius 2 is 1.53 bits per heavy atom. The van der Waals surface area contributed by atoms with Gasteiger partial charge >= 0.3 is 0 Å². The fraction of sp³-hybridized carbons (Fsp3) is 0.419. The molecule has 1 heteroatoms. The summed E-state index contributed by atoms with van der Waals surface area (Å²) < 4.78 is 15.4. The maximum Gasteiger partial charge on any atom is 0.134 e. The zero-order chi connectivity index (χ0) is 22.3. The summed E-state index contributed by atoms with van der Waals surface area (Å²) in [5.74, 6) is 7.69. The predicted octanol–water partition coefficient (Wildman–Crippen LogP) is 8.80. The summed E-state index contributed by atoms with van der Waals surface area (Å²) >= 11 is 0. The van der Waals surface area contributed by atoms with Gasteiger partial charge in [0.25, 0.3) is 0 Å². The molecule has 0 spiro atoms. The molecule has 0 saturated heterocycles. The van der Waals surface area contributed by atoms with Gasteiger partial charge in [-0.15, -0.1) is 0 Å². The van der Waals surface area contributed by atoms with Crippen LogP contribution in [0.2, 0.25) is 0 Å². The van der Waals surface area contributed by atoms with E-state index in [2.05, 4.69) is 56.0 Å². The molecule has 0 aliphatic heterocycles. The Kier molecular flexibility index (Phi) is 7.64. The number of benzene rings is 3. The Labute approximate surface area is 193 Å². The lowest BCUT2D eigenvalue weighted by molar-refractivity contribution is 0.301. The molecule has 3 aromatic carbocycles. The van der Waals surface area contributed by atoms with Gasteiger partial charge in [-0.3, -0.25) is 0 Å². The first-order chi connectivity index (χ1) is 15.7. The summed E-state index contributed by atoms with van der Waals surface area (Å²) in [5, 5.41) is 1.66. The third kappa shape index (κ3) is 5.42. The summed E-state index contributed by atoms with van der Waals surface area (Å²) in [6.07, 6.45) is 10.9. The van der Waals surface area contributed by atoms with Crippen molar-refractivity contribution in [1.29, 1.82) is 0 Å². The van der Waals surface area contributed by atoms with Crippen molar-refractivity contribution in [3.63, 3.8) is 0 Å². The molecule has 1 saturated carbocycles. The van der Waals surface area contributed by atoms with Crippen LogP contribution >= 0.6 is 0 Å². The second kappa shape index (κ2) is 10.8. The van der Waals surface area contributed by atoms with Crippen LogP contribution in [0.4, 0.5) is 4.39 Å². The van der Waals surface area contributed by atoms with Crippen molar-refractivity contribution in [2.75, 3.05) is 0 Å². The van der Waals surface area contributed by atoms with Crippen LogP contribution in [0.5, 0.6) is 0 Å². The lowest BCUT2D eigenvalue weighted by Crippen LogP contribution is -2.14. The van der Waals surface area contributed by atoms with Crippen LogP contribution in [0.25, 0.3) is 10.8 Å². The minimum absolute atomic E-state index is 0.0227. The van der Waals surface area contributed by atoms with Crippen LogP contribution in [0.15, 0.2) is 54.6 Å². The van der Waals surface area contributed by atoms with E-state index in [1.54, 1.807) is 0 Å². The van der Waals surface area contributed by atoms with E-state index in [1.165, 1.54) is 37.7 Å². The lowest BCUT2D eigenvalue weighted by Gasteiger charge is -2.29. The number of aryl methyl sites for hydroxylation is 1. The van der Waals surface area contributed by atoms with E-state index < -0.39 is 0 Å². The summed E-state index contributed by atoms with van der Waals surface area (Å²) in [5.41, 5.74) is 4.21. The highest BCUT2D eigenvalue weighted by Gasteiger charge is 2.24. The second-order valence-electron chi connectivity index (χ2n) is 9.46. The van der Waals surface area contributed by atoms with Gasteiger partial charge in [0.1, 0.15) is 5.82 Å². The Morgan fingerprint density at radius 1 is 0.812 bits per heavy atom. The smallest absolute Gasteiger partial charge is 0.134 e. The Balaban J connectivity index is 1.48. The molecule has 1 fully saturated rings. The molecular weight excluding hydrogens is 391 g/mol. The normalized spacial score (nSPS) is 18.3. The quantitative estimate of drug-likeness (QED) is 0.345. The van der Waals surface area contributed by atoms with Crippen LogP contribution in [-0.4, -0.2) is 0 Å². The number of hydrogen-bond acceptors (Lipinski definition) is 0. The summed E-state index contributed by atoms with van der Waals surface area (Å²) in [6, 6.07) is 18.5.